The van der Waals surface area contributed by atoms with E-state index in [-0.39, 0.29) is 17.8 Å². The third-order valence-electron chi connectivity index (χ3n) is 4.40. The summed E-state index contributed by atoms with van der Waals surface area (Å²) >= 11 is 0. The Bertz CT molecular complexity index is 572. The lowest BCUT2D eigenvalue weighted by Crippen LogP contribution is -2.50. The van der Waals surface area contributed by atoms with Gasteiger partial charge in [0.15, 0.2) is 0 Å². The number of benzene rings is 1. The molecular weight excluding hydrogens is 329 g/mol. The number of carbonyl (C=O) groups is 1. The molecule has 6 nitrogen and oxygen atoms in total. The van der Waals surface area contributed by atoms with E-state index in [0.717, 1.165) is 18.4 Å². The predicted octanol–water partition coefficient (Wildman–Crippen LogP) is 2.58. The van der Waals surface area contributed by atoms with Crippen LogP contribution in [0.5, 0.6) is 0 Å². The van der Waals surface area contributed by atoms with Gasteiger partial charge in [0.1, 0.15) is 6.10 Å². The number of carboxylic acid groups (broad SMARTS) is 1. The Labute approximate surface area is 143 Å². The highest BCUT2D eigenvalue weighted by Crippen LogP contribution is 2.32. The number of aromatic carboxylic acids is 1. The summed E-state index contributed by atoms with van der Waals surface area (Å²) < 4.78 is 17.4. The molecule has 1 aromatic rings. The smallest absolute Gasteiger partial charge is 0.478 e. The first-order valence-electron chi connectivity index (χ1n) is 8.34. The van der Waals surface area contributed by atoms with Gasteiger partial charge in [0, 0.05) is 12.6 Å². The first-order chi connectivity index (χ1) is 11.5. The van der Waals surface area contributed by atoms with Gasteiger partial charge in [-0.3, -0.25) is 0 Å². The van der Waals surface area contributed by atoms with E-state index in [1.807, 2.05) is 12.1 Å². The van der Waals surface area contributed by atoms with E-state index < -0.39 is 14.0 Å². The molecule has 1 aliphatic rings. The van der Waals surface area contributed by atoms with Gasteiger partial charge in [0.25, 0.3) is 0 Å². The van der Waals surface area contributed by atoms with Crippen LogP contribution < -0.4 is 5.32 Å². The molecule has 1 saturated heterocycles. The highest BCUT2D eigenvalue weighted by Gasteiger charge is 2.40. The summed E-state index contributed by atoms with van der Waals surface area (Å²) in [7, 11) is -2.27. The molecule has 0 radical (unpaired) electrons. The maximum Gasteiger partial charge on any atom is 0.511 e. The predicted molar refractivity (Wildman–Crippen MR) is 91.8 cm³/mol. The Morgan fingerprint density at radius 3 is 2.79 bits per heavy atom. The van der Waals surface area contributed by atoms with Crippen LogP contribution in [0.3, 0.4) is 0 Å². The topological polar surface area (TPSA) is 95.9 Å². The van der Waals surface area contributed by atoms with Crippen molar-refractivity contribution in [2.45, 2.75) is 50.4 Å². The number of carboxylic acids is 1. The van der Waals surface area contributed by atoms with Crippen molar-refractivity contribution < 1.29 is 24.1 Å². The van der Waals surface area contributed by atoms with Crippen molar-refractivity contribution in [2.24, 2.45) is 0 Å². The molecule has 7 heteroatoms. The standard InChI is InChI=1S/C17H24NO5P/c1-2-3-8-16(24(21)22)15-10-18-13(11-23-15)9-12-6-4-5-7-14(12)17(19)20/h4-7,13,15-16,18H,2-3,8-11H2,1H3,(H-,19,20,21,22)/p+1/t13-,15-,16?/m1/s1. The van der Waals surface area contributed by atoms with Crippen molar-refractivity contribution in [3.05, 3.63) is 35.4 Å². The van der Waals surface area contributed by atoms with E-state index in [9.17, 15) is 19.4 Å². The lowest BCUT2D eigenvalue weighted by molar-refractivity contribution is -0.000110. The van der Waals surface area contributed by atoms with Crippen LogP contribution >= 0.6 is 8.03 Å². The lowest BCUT2D eigenvalue weighted by atomic mass is 9.99. The van der Waals surface area contributed by atoms with Crippen molar-refractivity contribution in [1.29, 1.82) is 0 Å². The Morgan fingerprint density at radius 2 is 2.21 bits per heavy atom. The van der Waals surface area contributed by atoms with Crippen molar-refractivity contribution in [3.63, 3.8) is 0 Å². The van der Waals surface area contributed by atoms with Gasteiger partial charge in [-0.25, -0.2) is 4.79 Å². The molecule has 1 fully saturated rings. The van der Waals surface area contributed by atoms with Crippen LogP contribution in [0.15, 0.2) is 24.3 Å². The Hall–Kier alpha value is -1.33. The van der Waals surface area contributed by atoms with Crippen LogP contribution in [0.2, 0.25) is 0 Å². The molecule has 2 unspecified atom stereocenters. The van der Waals surface area contributed by atoms with Crippen LogP contribution in [0.25, 0.3) is 0 Å². The van der Waals surface area contributed by atoms with E-state index in [4.69, 9.17) is 4.74 Å². The molecule has 1 aromatic carbocycles. The minimum Gasteiger partial charge on any atom is -0.478 e. The molecule has 1 heterocycles. The average Bonchev–Trinajstić information content (AvgIpc) is 2.56. The largest absolute Gasteiger partial charge is 0.511 e. The van der Waals surface area contributed by atoms with E-state index in [1.165, 1.54) is 0 Å². The zero-order valence-corrected chi connectivity index (χ0v) is 14.7. The van der Waals surface area contributed by atoms with Gasteiger partial charge in [0.05, 0.1) is 12.2 Å². The maximum absolute atomic E-state index is 11.6. The summed E-state index contributed by atoms with van der Waals surface area (Å²) in [5.74, 6) is -0.933. The van der Waals surface area contributed by atoms with Gasteiger partial charge in [-0.2, -0.15) is 4.89 Å². The molecular formula is C17H25NO5P+. The molecule has 0 saturated carbocycles. The number of hydrogen-bond donors (Lipinski definition) is 3. The summed E-state index contributed by atoms with van der Waals surface area (Å²) in [5, 5.41) is 12.6. The van der Waals surface area contributed by atoms with Gasteiger partial charge in [-0.05, 0) is 35.5 Å². The Kier molecular flexibility index (Phi) is 7.31. The Balaban J connectivity index is 1.93. The molecule has 0 aromatic heterocycles. The molecule has 132 valence electrons. The quantitative estimate of drug-likeness (QED) is 0.621. The third kappa shape index (κ3) is 5.08. The first-order valence-corrected chi connectivity index (χ1v) is 9.62. The third-order valence-corrected chi connectivity index (χ3v) is 5.56. The first kappa shape index (κ1) is 19.0. The summed E-state index contributed by atoms with van der Waals surface area (Å²) in [6.07, 6.45) is 2.85. The number of ether oxygens (including phenoxy) is 1. The van der Waals surface area contributed by atoms with Crippen LogP contribution in [0.4, 0.5) is 0 Å². The van der Waals surface area contributed by atoms with E-state index in [0.29, 0.717) is 31.6 Å². The molecule has 0 spiro atoms. The minimum atomic E-state index is -2.27. The lowest BCUT2D eigenvalue weighted by Gasteiger charge is -2.31. The second-order valence-corrected chi connectivity index (χ2v) is 7.42. The fraction of sp³-hybridized carbons (Fsp3) is 0.588. The average molecular weight is 354 g/mol. The highest BCUT2D eigenvalue weighted by molar-refractivity contribution is 7.39. The normalized spacial score (nSPS) is 22.8. The van der Waals surface area contributed by atoms with Crippen molar-refractivity contribution in [3.8, 4) is 0 Å². The molecule has 0 bridgehead atoms. The minimum absolute atomic E-state index is 0.00477. The molecule has 24 heavy (non-hydrogen) atoms. The van der Waals surface area contributed by atoms with E-state index in [1.54, 1.807) is 12.1 Å². The van der Waals surface area contributed by atoms with Crippen molar-refractivity contribution in [1.82, 2.24) is 5.32 Å². The highest BCUT2D eigenvalue weighted by atomic mass is 31.1. The van der Waals surface area contributed by atoms with Gasteiger partial charge >= 0.3 is 14.0 Å². The molecule has 0 aliphatic carbocycles. The number of hydrogen-bond acceptors (Lipinski definition) is 4. The van der Waals surface area contributed by atoms with Gasteiger partial charge < -0.3 is 15.2 Å². The molecule has 0 amide bonds. The van der Waals surface area contributed by atoms with Crippen LogP contribution in [-0.2, 0) is 15.7 Å². The molecule has 4 atom stereocenters. The second-order valence-electron chi connectivity index (χ2n) is 6.16. The monoisotopic (exact) mass is 354 g/mol. The van der Waals surface area contributed by atoms with Crippen molar-refractivity contribution in [2.75, 3.05) is 13.2 Å². The SMILES string of the molecule is CCCCC([C@H]1CN[C@H](Cc2ccccc2C(=O)O)CO1)[P+](=O)O. The Morgan fingerprint density at radius 1 is 1.46 bits per heavy atom. The van der Waals surface area contributed by atoms with Crippen LogP contribution in [-0.4, -0.2) is 46.9 Å². The van der Waals surface area contributed by atoms with Gasteiger partial charge in [-0.15, -0.1) is 0 Å². The van der Waals surface area contributed by atoms with E-state index in [2.05, 4.69) is 12.2 Å². The molecule has 3 N–H and O–H groups in total. The van der Waals surface area contributed by atoms with Crippen LogP contribution in [0.1, 0.15) is 42.1 Å². The van der Waals surface area contributed by atoms with Gasteiger partial charge in [0.2, 0.25) is 5.66 Å². The summed E-state index contributed by atoms with van der Waals surface area (Å²) in [5.41, 5.74) is 0.723. The summed E-state index contributed by atoms with van der Waals surface area (Å²) in [6, 6.07) is 6.95. The maximum atomic E-state index is 11.6. The second kappa shape index (κ2) is 9.23. The number of nitrogens with one attached hydrogen (secondary N) is 1. The number of unbranched alkanes of at least 4 members (excludes halogenated alkanes) is 1. The molecule has 1 aliphatic heterocycles. The number of rotatable bonds is 8. The fourth-order valence-corrected chi connectivity index (χ4v) is 3.92. The zero-order chi connectivity index (χ0) is 17.5. The van der Waals surface area contributed by atoms with Gasteiger partial charge in [-0.1, -0.05) is 31.5 Å². The zero-order valence-electron chi connectivity index (χ0n) is 13.9. The molecule has 2 rings (SSSR count). The van der Waals surface area contributed by atoms with E-state index >= 15 is 0 Å². The number of morpholine rings is 1. The fourth-order valence-electron chi connectivity index (χ4n) is 3.04. The van der Waals surface area contributed by atoms with Crippen LogP contribution in [0, 0.1) is 0 Å². The van der Waals surface area contributed by atoms with Crippen molar-refractivity contribution >= 4 is 14.0 Å². The summed E-state index contributed by atoms with van der Waals surface area (Å²) in [6.45, 7) is 2.97. The summed E-state index contributed by atoms with van der Waals surface area (Å²) in [4.78, 5) is 20.8.